The summed E-state index contributed by atoms with van der Waals surface area (Å²) in [5.74, 6) is 2.48. The molecule has 5 heteroatoms. The van der Waals surface area contributed by atoms with E-state index in [9.17, 15) is 0 Å². The van der Waals surface area contributed by atoms with E-state index in [1.807, 2.05) is 6.07 Å². The third kappa shape index (κ3) is 6.14. The standard InChI is InChI=1S/C48H48N4O/c1-30-23-32(3)45(33(4)24-30)51-29-50(43-19-12-13-20-44(43)51)36-15-14-16-37(27-36)53-38-21-22-40(48(7,8)9)39(28-38)47-49-41-17-10-11-18-42(41)52(47)46-34(5)25-31(2)26-35(46)6/h10-28H,29H2,1-9H3. The first-order valence-electron chi connectivity index (χ1n) is 18.6. The summed E-state index contributed by atoms with van der Waals surface area (Å²) in [7, 11) is 0. The maximum atomic E-state index is 6.76. The van der Waals surface area contributed by atoms with Gasteiger partial charge in [0.2, 0.25) is 0 Å². The molecule has 1 aliphatic rings. The molecule has 53 heavy (non-hydrogen) atoms. The molecule has 0 fully saturated rings. The summed E-state index contributed by atoms with van der Waals surface area (Å²) >= 11 is 0. The van der Waals surface area contributed by atoms with Gasteiger partial charge in [-0.3, -0.25) is 4.57 Å². The first-order valence-corrected chi connectivity index (χ1v) is 18.6. The average Bonchev–Trinajstić information content (AvgIpc) is 3.67. The number of anilines is 4. The predicted octanol–water partition coefficient (Wildman–Crippen LogP) is 12.9. The van der Waals surface area contributed by atoms with Gasteiger partial charge in [-0.2, -0.15) is 0 Å². The van der Waals surface area contributed by atoms with Crippen molar-refractivity contribution in [3.05, 3.63) is 154 Å². The van der Waals surface area contributed by atoms with Crippen molar-refractivity contribution >= 4 is 33.8 Å². The molecule has 0 bridgehead atoms. The van der Waals surface area contributed by atoms with Crippen LogP contribution in [0.3, 0.4) is 0 Å². The molecule has 2 heterocycles. The van der Waals surface area contributed by atoms with Gasteiger partial charge in [-0.25, -0.2) is 4.98 Å². The Kier molecular flexibility index (Phi) is 8.41. The molecule has 5 nitrogen and oxygen atoms in total. The van der Waals surface area contributed by atoms with Gasteiger partial charge in [0.25, 0.3) is 0 Å². The highest BCUT2D eigenvalue weighted by Crippen LogP contribution is 2.47. The fraction of sp³-hybridized carbons (Fsp3) is 0.229. The topological polar surface area (TPSA) is 33.5 Å². The lowest BCUT2D eigenvalue weighted by Gasteiger charge is -2.26. The van der Waals surface area contributed by atoms with Gasteiger partial charge in [0.1, 0.15) is 24.0 Å². The van der Waals surface area contributed by atoms with Crippen molar-refractivity contribution in [1.29, 1.82) is 0 Å². The van der Waals surface area contributed by atoms with Gasteiger partial charge in [-0.05, 0) is 123 Å². The van der Waals surface area contributed by atoms with E-state index in [0.29, 0.717) is 6.67 Å². The molecule has 0 spiro atoms. The fourth-order valence-electron chi connectivity index (χ4n) is 8.46. The molecule has 0 amide bonds. The van der Waals surface area contributed by atoms with Crippen LogP contribution in [0.1, 0.15) is 59.7 Å². The van der Waals surface area contributed by atoms with E-state index in [1.54, 1.807) is 0 Å². The number of para-hydroxylation sites is 4. The number of hydrogen-bond acceptors (Lipinski definition) is 4. The zero-order chi connectivity index (χ0) is 37.2. The van der Waals surface area contributed by atoms with E-state index in [0.717, 1.165) is 39.6 Å². The molecule has 8 rings (SSSR count). The maximum Gasteiger partial charge on any atom is 0.146 e. The molecular weight excluding hydrogens is 649 g/mol. The third-order valence-corrected chi connectivity index (χ3v) is 10.5. The lowest BCUT2D eigenvalue weighted by molar-refractivity contribution is 0.481. The monoisotopic (exact) mass is 696 g/mol. The van der Waals surface area contributed by atoms with Gasteiger partial charge in [0.05, 0.1) is 28.1 Å². The molecule has 1 aromatic heterocycles. The van der Waals surface area contributed by atoms with Crippen LogP contribution in [-0.4, -0.2) is 16.2 Å². The van der Waals surface area contributed by atoms with Crippen molar-refractivity contribution < 1.29 is 4.74 Å². The zero-order valence-corrected chi connectivity index (χ0v) is 32.4. The van der Waals surface area contributed by atoms with Crippen molar-refractivity contribution in [1.82, 2.24) is 9.55 Å². The molecule has 0 saturated heterocycles. The highest BCUT2D eigenvalue weighted by molar-refractivity contribution is 5.89. The number of aryl methyl sites for hydroxylation is 6. The minimum absolute atomic E-state index is 0.128. The fourth-order valence-corrected chi connectivity index (χ4v) is 8.46. The predicted molar refractivity (Wildman–Crippen MR) is 222 cm³/mol. The maximum absolute atomic E-state index is 6.76. The summed E-state index contributed by atoms with van der Waals surface area (Å²) in [6.07, 6.45) is 0. The van der Waals surface area contributed by atoms with Gasteiger partial charge in [-0.15, -0.1) is 0 Å². The van der Waals surface area contributed by atoms with Crippen molar-refractivity contribution in [2.24, 2.45) is 0 Å². The molecule has 7 aromatic rings. The molecule has 266 valence electrons. The Morgan fingerprint density at radius 2 is 1.15 bits per heavy atom. The molecule has 0 unspecified atom stereocenters. The van der Waals surface area contributed by atoms with Gasteiger partial charge >= 0.3 is 0 Å². The third-order valence-electron chi connectivity index (χ3n) is 10.5. The summed E-state index contributed by atoms with van der Waals surface area (Å²) in [5, 5.41) is 0. The molecule has 0 aliphatic carbocycles. The number of imidazole rings is 1. The summed E-state index contributed by atoms with van der Waals surface area (Å²) in [6.45, 7) is 20.7. The lowest BCUT2D eigenvalue weighted by Crippen LogP contribution is -2.25. The molecule has 0 atom stereocenters. The van der Waals surface area contributed by atoms with E-state index in [1.165, 1.54) is 61.7 Å². The minimum Gasteiger partial charge on any atom is -0.457 e. The van der Waals surface area contributed by atoms with Crippen LogP contribution >= 0.6 is 0 Å². The Balaban J connectivity index is 1.20. The Hall–Kier alpha value is -5.81. The SMILES string of the molecule is Cc1cc(C)c(N2CN(c3cccc(Oc4ccc(C(C)(C)C)c(-c5nc6ccccc6n5-c5c(C)cc(C)cc5C)c4)c3)c3ccccc32)c(C)c1. The molecule has 0 N–H and O–H groups in total. The number of benzene rings is 6. The number of rotatable bonds is 6. The second-order valence-corrected chi connectivity index (χ2v) is 15.8. The number of nitrogens with zero attached hydrogens (tertiary/aromatic N) is 4. The van der Waals surface area contributed by atoms with Crippen LogP contribution in [0.4, 0.5) is 22.7 Å². The highest BCUT2D eigenvalue weighted by Gasteiger charge is 2.30. The number of ether oxygens (including phenoxy) is 1. The summed E-state index contributed by atoms with van der Waals surface area (Å²) < 4.78 is 9.11. The summed E-state index contributed by atoms with van der Waals surface area (Å²) in [4.78, 5) is 10.1. The normalized spacial score (nSPS) is 12.8. The van der Waals surface area contributed by atoms with E-state index >= 15 is 0 Å². The van der Waals surface area contributed by atoms with Gasteiger partial charge in [-0.1, -0.05) is 92.6 Å². The molecule has 1 aliphatic heterocycles. The average molecular weight is 697 g/mol. The first kappa shape index (κ1) is 34.3. The van der Waals surface area contributed by atoms with E-state index in [4.69, 9.17) is 9.72 Å². The van der Waals surface area contributed by atoms with Crippen LogP contribution in [0.2, 0.25) is 0 Å². The molecule has 0 saturated carbocycles. The molecule has 0 radical (unpaired) electrons. The second kappa shape index (κ2) is 13.0. The van der Waals surface area contributed by atoms with E-state index in [2.05, 4.69) is 186 Å². The molecular formula is C48H48N4O. The molecule has 6 aromatic carbocycles. The Morgan fingerprint density at radius 1 is 0.566 bits per heavy atom. The Bertz CT molecular complexity index is 2490. The van der Waals surface area contributed by atoms with Crippen LogP contribution in [-0.2, 0) is 5.41 Å². The largest absolute Gasteiger partial charge is 0.457 e. The minimum atomic E-state index is -0.128. The van der Waals surface area contributed by atoms with E-state index in [-0.39, 0.29) is 5.41 Å². The van der Waals surface area contributed by atoms with E-state index < -0.39 is 0 Å². The van der Waals surface area contributed by atoms with Crippen molar-refractivity contribution in [3.8, 4) is 28.6 Å². The van der Waals surface area contributed by atoms with Crippen LogP contribution in [0.15, 0.2) is 115 Å². The zero-order valence-electron chi connectivity index (χ0n) is 32.4. The van der Waals surface area contributed by atoms with Crippen LogP contribution in [0, 0.1) is 41.5 Å². The van der Waals surface area contributed by atoms with Crippen molar-refractivity contribution in [3.63, 3.8) is 0 Å². The quantitative estimate of drug-likeness (QED) is 0.173. The highest BCUT2D eigenvalue weighted by atomic mass is 16.5. The lowest BCUT2D eigenvalue weighted by atomic mass is 9.83. The number of fused-ring (bicyclic) bond motifs is 2. The van der Waals surface area contributed by atoms with Crippen LogP contribution in [0.5, 0.6) is 11.5 Å². The Labute approximate surface area is 314 Å². The Morgan fingerprint density at radius 3 is 1.81 bits per heavy atom. The van der Waals surface area contributed by atoms with Crippen molar-refractivity contribution in [2.75, 3.05) is 16.5 Å². The van der Waals surface area contributed by atoms with Gasteiger partial charge < -0.3 is 14.5 Å². The van der Waals surface area contributed by atoms with Gasteiger partial charge in [0.15, 0.2) is 0 Å². The van der Waals surface area contributed by atoms with Crippen LogP contribution in [0.25, 0.3) is 28.1 Å². The van der Waals surface area contributed by atoms with Crippen LogP contribution < -0.4 is 14.5 Å². The summed E-state index contributed by atoms with van der Waals surface area (Å²) in [6, 6.07) is 41.2. The number of aromatic nitrogens is 2. The second-order valence-electron chi connectivity index (χ2n) is 15.8. The van der Waals surface area contributed by atoms with Crippen molar-refractivity contribution in [2.45, 2.75) is 67.7 Å². The summed E-state index contributed by atoms with van der Waals surface area (Å²) in [5.41, 5.74) is 17.7. The van der Waals surface area contributed by atoms with Gasteiger partial charge in [0, 0.05) is 23.0 Å². The first-order chi connectivity index (χ1) is 25.4. The smallest absolute Gasteiger partial charge is 0.146 e. The number of hydrogen-bond donors (Lipinski definition) is 0.